The number of carbonyl (C=O) groups is 7. The quantitative estimate of drug-likeness (QED) is 0.144. The van der Waals surface area contributed by atoms with Crippen LogP contribution in [0.5, 0.6) is 0 Å². The van der Waals surface area contributed by atoms with E-state index in [2.05, 4.69) is 16.0 Å². The molecule has 55 heavy (non-hydrogen) atoms. The lowest BCUT2D eigenvalue weighted by molar-refractivity contribution is -0.155. The van der Waals surface area contributed by atoms with Crippen LogP contribution in [0.1, 0.15) is 102 Å². The Morgan fingerprint density at radius 3 is 1.51 bits per heavy atom. The summed E-state index contributed by atoms with van der Waals surface area (Å²) in [7, 11) is 7.75. The fraction of sp³-hybridized carbons (Fsp3) is 0.825. The van der Waals surface area contributed by atoms with Gasteiger partial charge in [-0.15, -0.1) is 0 Å². The van der Waals surface area contributed by atoms with Gasteiger partial charge in [0.05, 0.1) is 6.04 Å². The molecule has 0 aromatic rings. The molecule has 0 aliphatic heterocycles. The summed E-state index contributed by atoms with van der Waals surface area (Å²) in [5, 5.41) is 8.02. The molecule has 5 N–H and O–H groups in total. The lowest BCUT2D eigenvalue weighted by Crippen LogP contribution is -2.61. The van der Waals surface area contributed by atoms with Crippen molar-refractivity contribution >= 4 is 41.4 Å². The average molecular weight is 779 g/mol. The van der Waals surface area contributed by atoms with Crippen molar-refractivity contribution in [3.63, 3.8) is 0 Å². The van der Waals surface area contributed by atoms with Gasteiger partial charge < -0.3 is 41.3 Å². The highest BCUT2D eigenvalue weighted by Gasteiger charge is 2.66. The van der Waals surface area contributed by atoms with Gasteiger partial charge in [-0.1, -0.05) is 69.2 Å². The number of nitrogens with one attached hydrogen (secondary N) is 3. The molecule has 1 fully saturated rings. The van der Waals surface area contributed by atoms with Crippen LogP contribution in [-0.4, -0.2) is 138 Å². The first-order chi connectivity index (χ1) is 25.2. The predicted octanol–water partition coefficient (Wildman–Crippen LogP) is 1.83. The third-order valence-electron chi connectivity index (χ3n) is 11.1. The fourth-order valence-corrected chi connectivity index (χ4v) is 7.43. The molecule has 1 rings (SSSR count). The Bertz CT molecular complexity index is 1380. The van der Waals surface area contributed by atoms with Crippen molar-refractivity contribution in [1.82, 2.24) is 35.6 Å². The molecule has 0 heterocycles. The first kappa shape index (κ1) is 49.3. The van der Waals surface area contributed by atoms with Gasteiger partial charge in [-0.25, -0.2) is 0 Å². The normalized spacial score (nSPS) is 19.9. The highest BCUT2D eigenvalue weighted by molar-refractivity contribution is 6.00. The summed E-state index contributed by atoms with van der Waals surface area (Å²) in [4.78, 5) is 101. The van der Waals surface area contributed by atoms with Crippen molar-refractivity contribution in [2.24, 2.45) is 41.2 Å². The summed E-state index contributed by atoms with van der Waals surface area (Å²) in [6, 6.07) is -5.49. The number of rotatable bonds is 20. The van der Waals surface area contributed by atoms with Gasteiger partial charge in [0.15, 0.2) is 0 Å². The lowest BCUT2D eigenvalue weighted by Gasteiger charge is -2.40. The van der Waals surface area contributed by atoms with Crippen molar-refractivity contribution in [3.8, 4) is 0 Å². The molecule has 2 unspecified atom stereocenters. The van der Waals surface area contributed by atoms with E-state index in [4.69, 9.17) is 5.73 Å². The predicted molar refractivity (Wildman–Crippen MR) is 214 cm³/mol. The topological polar surface area (TPSA) is 195 Å². The van der Waals surface area contributed by atoms with Gasteiger partial charge in [-0.2, -0.15) is 0 Å². The second-order valence-corrected chi connectivity index (χ2v) is 17.5. The Labute approximate surface area is 330 Å². The maximum atomic E-state index is 14.5. The molecule has 8 atom stereocenters. The minimum Gasteiger partial charge on any atom is -0.357 e. The average Bonchev–Trinajstić information content (AvgIpc) is 3.87. The number of likely N-dealkylation sites (N-methyl/N-ethyl adjacent to an activating group) is 5. The van der Waals surface area contributed by atoms with Crippen LogP contribution in [-0.2, 0) is 33.6 Å². The molecule has 0 saturated heterocycles. The van der Waals surface area contributed by atoms with E-state index in [9.17, 15) is 33.6 Å². The third kappa shape index (κ3) is 11.9. The second-order valence-electron chi connectivity index (χ2n) is 17.5. The summed E-state index contributed by atoms with van der Waals surface area (Å²) < 4.78 is 0. The van der Waals surface area contributed by atoms with Crippen LogP contribution >= 0.6 is 0 Å². The molecule has 15 heteroatoms. The molecule has 15 nitrogen and oxygen atoms in total. The van der Waals surface area contributed by atoms with E-state index in [1.54, 1.807) is 14.1 Å². The van der Waals surface area contributed by atoms with Gasteiger partial charge >= 0.3 is 0 Å². The molecular weight excluding hydrogens is 704 g/mol. The van der Waals surface area contributed by atoms with E-state index in [-0.39, 0.29) is 53.2 Å². The SMILES string of the molecule is CNC(=O)[C@H](C(C)C)N(C)C(=O)C1(N(C)C(=O)[C@H](CC(C)C)N(C)C(=O)[C@@H](C)NC(=O)[C@H](C)NC(=O)[C@H](CC(C)C)N(C)C(=O)[C@@H](N)C(C)C)CC1C(C)C. The van der Waals surface area contributed by atoms with Gasteiger partial charge in [0.1, 0.15) is 35.7 Å². The van der Waals surface area contributed by atoms with E-state index < -0.39 is 65.4 Å². The maximum absolute atomic E-state index is 14.5. The van der Waals surface area contributed by atoms with Crippen LogP contribution in [0.15, 0.2) is 0 Å². The molecule has 0 spiro atoms. The molecule has 0 bridgehead atoms. The van der Waals surface area contributed by atoms with Crippen molar-refractivity contribution in [2.75, 3.05) is 35.2 Å². The van der Waals surface area contributed by atoms with E-state index in [0.29, 0.717) is 19.3 Å². The Balaban J connectivity index is 3.29. The van der Waals surface area contributed by atoms with E-state index in [0.717, 1.165) is 0 Å². The molecule has 0 radical (unpaired) electrons. The lowest BCUT2D eigenvalue weighted by atomic mass is 9.95. The van der Waals surface area contributed by atoms with E-state index in [1.807, 2.05) is 69.2 Å². The molecule has 0 aromatic carbocycles. The minimum atomic E-state index is -1.19. The standard InChI is InChI=1S/C40H74N8O7/c1-21(2)18-29(45(14)38(54)31(41)24(7)8)34(50)43-26(11)33(49)44-27(12)36(52)46(15)30(19-22(3)4)37(53)48(17)40(20-28(40)23(5)6)39(55)47(16)32(25(9)10)35(51)42-13/h21-32H,18-20,41H2,1-17H3,(H,42,51)(H,43,50)(H,44,49)/t26-,27+,28?,29-,30-,31-,32-,40?/m0/s1. The van der Waals surface area contributed by atoms with E-state index in [1.165, 1.54) is 54.6 Å². The van der Waals surface area contributed by atoms with Crippen LogP contribution < -0.4 is 21.7 Å². The second kappa shape index (κ2) is 20.4. The number of hydrogen-bond acceptors (Lipinski definition) is 8. The van der Waals surface area contributed by atoms with Crippen LogP contribution in [0.25, 0.3) is 0 Å². The van der Waals surface area contributed by atoms with Crippen LogP contribution in [0.3, 0.4) is 0 Å². The summed E-state index contributed by atoms with van der Waals surface area (Å²) in [5.74, 6) is -3.46. The summed E-state index contributed by atoms with van der Waals surface area (Å²) in [5.41, 5.74) is 4.90. The Morgan fingerprint density at radius 1 is 0.618 bits per heavy atom. The van der Waals surface area contributed by atoms with Gasteiger partial charge in [0, 0.05) is 35.2 Å². The Morgan fingerprint density at radius 2 is 1.09 bits per heavy atom. The number of nitrogens with two attached hydrogens (primary N) is 1. The van der Waals surface area contributed by atoms with Crippen molar-refractivity contribution in [3.05, 3.63) is 0 Å². The Kier molecular flexibility index (Phi) is 18.3. The van der Waals surface area contributed by atoms with E-state index >= 15 is 0 Å². The highest BCUT2D eigenvalue weighted by Crippen LogP contribution is 2.54. The smallest absolute Gasteiger partial charge is 0.249 e. The molecule has 316 valence electrons. The van der Waals surface area contributed by atoms with Crippen molar-refractivity contribution < 1.29 is 33.6 Å². The molecule has 1 aliphatic carbocycles. The molecule has 1 aliphatic rings. The zero-order valence-electron chi connectivity index (χ0n) is 36.8. The molecule has 1 saturated carbocycles. The van der Waals surface area contributed by atoms with Crippen molar-refractivity contribution in [2.45, 2.75) is 144 Å². The summed E-state index contributed by atoms with van der Waals surface area (Å²) >= 11 is 0. The molecule has 0 aromatic heterocycles. The largest absolute Gasteiger partial charge is 0.357 e. The Hall–Kier alpha value is -3.75. The number of amides is 7. The van der Waals surface area contributed by atoms with Crippen LogP contribution in [0.2, 0.25) is 0 Å². The molecular formula is C40H74N8O7. The number of hydrogen-bond donors (Lipinski definition) is 4. The summed E-state index contributed by atoms with van der Waals surface area (Å²) in [6.45, 7) is 22.1. The first-order valence-corrected chi connectivity index (χ1v) is 19.9. The number of carbonyl (C=O) groups excluding carboxylic acids is 7. The maximum Gasteiger partial charge on any atom is 0.249 e. The molecule has 7 amide bonds. The fourth-order valence-electron chi connectivity index (χ4n) is 7.43. The van der Waals surface area contributed by atoms with Gasteiger partial charge in [-0.05, 0) is 68.6 Å². The number of nitrogens with zero attached hydrogens (tertiary/aromatic N) is 4. The van der Waals surface area contributed by atoms with Crippen LogP contribution in [0, 0.1) is 35.5 Å². The van der Waals surface area contributed by atoms with Crippen LogP contribution in [0.4, 0.5) is 0 Å². The van der Waals surface area contributed by atoms with Gasteiger partial charge in [0.2, 0.25) is 41.4 Å². The van der Waals surface area contributed by atoms with Gasteiger partial charge in [0.25, 0.3) is 0 Å². The zero-order valence-corrected chi connectivity index (χ0v) is 36.8. The minimum absolute atomic E-state index is 0.00962. The summed E-state index contributed by atoms with van der Waals surface area (Å²) in [6.07, 6.45) is 1.06. The van der Waals surface area contributed by atoms with Crippen molar-refractivity contribution in [1.29, 1.82) is 0 Å². The monoisotopic (exact) mass is 779 g/mol. The zero-order chi connectivity index (χ0) is 43.0. The highest BCUT2D eigenvalue weighted by atomic mass is 16.2. The third-order valence-corrected chi connectivity index (χ3v) is 11.1. The van der Waals surface area contributed by atoms with Gasteiger partial charge in [-0.3, -0.25) is 33.6 Å². The first-order valence-electron chi connectivity index (χ1n) is 19.9.